The molecule has 4 heteroatoms. The first kappa shape index (κ1) is 16.3. The minimum Gasteiger partial charge on any atom is -0.444 e. The van der Waals surface area contributed by atoms with E-state index in [0.29, 0.717) is 12.0 Å². The summed E-state index contributed by atoms with van der Waals surface area (Å²) in [5, 5.41) is 3.54. The molecule has 1 fully saturated rings. The van der Waals surface area contributed by atoms with Gasteiger partial charge < -0.3 is 15.0 Å². The minimum absolute atomic E-state index is 0.200. The summed E-state index contributed by atoms with van der Waals surface area (Å²) in [7, 11) is 0. The molecule has 1 saturated heterocycles. The highest BCUT2D eigenvalue weighted by Gasteiger charge is 2.34. The Balaban J connectivity index is 2.26. The van der Waals surface area contributed by atoms with Gasteiger partial charge in [-0.3, -0.25) is 0 Å². The maximum Gasteiger partial charge on any atom is 0.410 e. The Kier molecular flexibility index (Phi) is 4.88. The van der Waals surface area contributed by atoms with Gasteiger partial charge in [-0.2, -0.15) is 0 Å². The van der Waals surface area contributed by atoms with Crippen LogP contribution in [0.5, 0.6) is 0 Å². The molecule has 1 rings (SSSR count). The molecule has 19 heavy (non-hydrogen) atoms. The molecular formula is C15H30N2O2. The molecule has 0 aliphatic carbocycles. The van der Waals surface area contributed by atoms with Crippen molar-refractivity contribution >= 4 is 6.09 Å². The Morgan fingerprint density at radius 2 is 1.79 bits per heavy atom. The SMILES string of the molecule is CC(C)C(C)(C)CNC1CN(C(=O)OC(C)(C)C)C1. The molecule has 0 aromatic carbocycles. The summed E-state index contributed by atoms with van der Waals surface area (Å²) in [4.78, 5) is 13.5. The number of carbonyl (C=O) groups excluding carboxylic acids is 1. The molecule has 0 spiro atoms. The highest BCUT2D eigenvalue weighted by molar-refractivity contribution is 5.69. The Morgan fingerprint density at radius 3 is 2.21 bits per heavy atom. The third-order valence-electron chi connectivity index (χ3n) is 3.94. The van der Waals surface area contributed by atoms with Gasteiger partial charge in [-0.25, -0.2) is 4.79 Å². The predicted octanol–water partition coefficient (Wildman–Crippen LogP) is 2.88. The summed E-state index contributed by atoms with van der Waals surface area (Å²) in [6.07, 6.45) is -0.200. The Morgan fingerprint density at radius 1 is 1.26 bits per heavy atom. The monoisotopic (exact) mass is 270 g/mol. The molecule has 1 aliphatic rings. The average Bonchev–Trinajstić information content (AvgIpc) is 2.11. The standard InChI is InChI=1S/C15H30N2O2/c1-11(2)15(6,7)10-16-12-8-17(9-12)13(18)19-14(3,4)5/h11-12,16H,8-10H2,1-7H3. The van der Waals surface area contributed by atoms with E-state index in [4.69, 9.17) is 4.74 Å². The van der Waals surface area contributed by atoms with Crippen molar-refractivity contribution in [1.29, 1.82) is 0 Å². The Labute approximate surface area is 117 Å². The fraction of sp³-hybridized carbons (Fsp3) is 0.933. The maximum absolute atomic E-state index is 11.8. The van der Waals surface area contributed by atoms with Gasteiger partial charge in [0.05, 0.1) is 0 Å². The molecule has 0 unspecified atom stereocenters. The maximum atomic E-state index is 11.8. The van der Waals surface area contributed by atoms with Gasteiger partial charge in [-0.1, -0.05) is 27.7 Å². The third-order valence-corrected chi connectivity index (χ3v) is 3.94. The van der Waals surface area contributed by atoms with E-state index in [1.807, 2.05) is 20.8 Å². The first-order valence-corrected chi connectivity index (χ1v) is 7.22. The zero-order valence-electron chi connectivity index (χ0n) is 13.5. The van der Waals surface area contributed by atoms with E-state index in [0.717, 1.165) is 19.6 Å². The van der Waals surface area contributed by atoms with Gasteiger partial charge in [0.25, 0.3) is 0 Å². The van der Waals surface area contributed by atoms with E-state index in [1.165, 1.54) is 0 Å². The normalized spacial score (nSPS) is 17.6. The number of nitrogens with one attached hydrogen (secondary N) is 1. The second-order valence-corrected chi connectivity index (χ2v) is 7.61. The lowest BCUT2D eigenvalue weighted by Crippen LogP contribution is -2.61. The first-order chi connectivity index (χ1) is 8.51. The zero-order valence-corrected chi connectivity index (χ0v) is 13.5. The summed E-state index contributed by atoms with van der Waals surface area (Å²) < 4.78 is 5.33. The van der Waals surface area contributed by atoms with Crippen LogP contribution in [0.25, 0.3) is 0 Å². The second-order valence-electron chi connectivity index (χ2n) is 7.61. The van der Waals surface area contributed by atoms with Crippen LogP contribution in [0.3, 0.4) is 0 Å². The number of carbonyl (C=O) groups is 1. The fourth-order valence-corrected chi connectivity index (χ4v) is 1.69. The van der Waals surface area contributed by atoms with E-state index in [9.17, 15) is 4.79 Å². The lowest BCUT2D eigenvalue weighted by atomic mass is 9.81. The predicted molar refractivity (Wildman–Crippen MR) is 78.2 cm³/mol. The summed E-state index contributed by atoms with van der Waals surface area (Å²) in [5.74, 6) is 0.641. The zero-order chi connectivity index (χ0) is 14.8. The number of rotatable bonds is 4. The molecule has 0 atom stereocenters. The smallest absolute Gasteiger partial charge is 0.410 e. The van der Waals surface area contributed by atoms with Gasteiger partial charge in [-0.15, -0.1) is 0 Å². The number of likely N-dealkylation sites (tertiary alicyclic amines) is 1. The molecule has 1 aliphatic heterocycles. The van der Waals surface area contributed by atoms with Crippen molar-refractivity contribution in [3.05, 3.63) is 0 Å². The molecule has 0 saturated carbocycles. The molecule has 112 valence electrons. The fourth-order valence-electron chi connectivity index (χ4n) is 1.69. The van der Waals surface area contributed by atoms with Crippen LogP contribution in [0.4, 0.5) is 4.79 Å². The molecule has 0 bridgehead atoms. The molecule has 4 nitrogen and oxygen atoms in total. The van der Waals surface area contributed by atoms with Crippen LogP contribution in [0.1, 0.15) is 48.5 Å². The van der Waals surface area contributed by atoms with Gasteiger partial charge in [0, 0.05) is 25.7 Å². The van der Waals surface area contributed by atoms with Crippen molar-refractivity contribution in [1.82, 2.24) is 10.2 Å². The molecule has 0 radical (unpaired) electrons. The number of ether oxygens (including phenoxy) is 1. The van der Waals surface area contributed by atoms with Crippen LogP contribution in [0, 0.1) is 11.3 Å². The molecular weight excluding hydrogens is 240 g/mol. The second kappa shape index (κ2) is 5.70. The first-order valence-electron chi connectivity index (χ1n) is 7.22. The lowest BCUT2D eigenvalue weighted by molar-refractivity contribution is 0.00408. The van der Waals surface area contributed by atoms with Gasteiger partial charge >= 0.3 is 6.09 Å². The van der Waals surface area contributed by atoms with Crippen LogP contribution < -0.4 is 5.32 Å². The van der Waals surface area contributed by atoms with E-state index in [1.54, 1.807) is 4.90 Å². The van der Waals surface area contributed by atoms with Crippen LogP contribution in [0.2, 0.25) is 0 Å². The Bertz CT molecular complexity index is 313. The van der Waals surface area contributed by atoms with E-state index < -0.39 is 5.60 Å². The third kappa shape index (κ3) is 5.01. The molecule has 1 N–H and O–H groups in total. The summed E-state index contributed by atoms with van der Waals surface area (Å²) in [5.41, 5.74) is -0.123. The van der Waals surface area contributed by atoms with Crippen LogP contribution in [-0.2, 0) is 4.74 Å². The van der Waals surface area contributed by atoms with Gasteiger partial charge in [0.15, 0.2) is 0 Å². The molecule has 0 aromatic rings. The highest BCUT2D eigenvalue weighted by atomic mass is 16.6. The Hall–Kier alpha value is -0.770. The van der Waals surface area contributed by atoms with Crippen molar-refractivity contribution in [2.24, 2.45) is 11.3 Å². The van der Waals surface area contributed by atoms with Crippen LogP contribution in [-0.4, -0.2) is 42.3 Å². The summed E-state index contributed by atoms with van der Waals surface area (Å²) in [6, 6.07) is 0.408. The quantitative estimate of drug-likeness (QED) is 0.854. The largest absolute Gasteiger partial charge is 0.444 e. The van der Waals surface area contributed by atoms with Crippen molar-refractivity contribution in [2.75, 3.05) is 19.6 Å². The molecule has 1 amide bonds. The van der Waals surface area contributed by atoms with Gasteiger partial charge in [-0.05, 0) is 32.1 Å². The lowest BCUT2D eigenvalue weighted by Gasteiger charge is -2.42. The van der Waals surface area contributed by atoms with Crippen molar-refractivity contribution < 1.29 is 9.53 Å². The van der Waals surface area contributed by atoms with E-state index >= 15 is 0 Å². The van der Waals surface area contributed by atoms with Gasteiger partial charge in [0.2, 0.25) is 0 Å². The number of hydrogen-bond donors (Lipinski definition) is 1. The van der Waals surface area contributed by atoms with Crippen molar-refractivity contribution in [2.45, 2.75) is 60.1 Å². The topological polar surface area (TPSA) is 41.6 Å². The van der Waals surface area contributed by atoms with E-state index in [2.05, 4.69) is 33.0 Å². The highest BCUT2D eigenvalue weighted by Crippen LogP contribution is 2.25. The summed E-state index contributed by atoms with van der Waals surface area (Å²) in [6.45, 7) is 17.2. The number of amides is 1. The van der Waals surface area contributed by atoms with Crippen molar-refractivity contribution in [3.8, 4) is 0 Å². The van der Waals surface area contributed by atoms with E-state index in [-0.39, 0.29) is 11.5 Å². The van der Waals surface area contributed by atoms with Crippen LogP contribution in [0.15, 0.2) is 0 Å². The van der Waals surface area contributed by atoms with Crippen molar-refractivity contribution in [3.63, 3.8) is 0 Å². The number of hydrogen-bond acceptors (Lipinski definition) is 3. The molecule has 1 heterocycles. The minimum atomic E-state index is -0.408. The molecule has 0 aromatic heterocycles. The van der Waals surface area contributed by atoms with Crippen LogP contribution >= 0.6 is 0 Å². The summed E-state index contributed by atoms with van der Waals surface area (Å²) >= 11 is 0. The van der Waals surface area contributed by atoms with Gasteiger partial charge in [0.1, 0.15) is 5.60 Å². The number of nitrogens with zero attached hydrogens (tertiary/aromatic N) is 1. The average molecular weight is 270 g/mol.